The van der Waals surface area contributed by atoms with Gasteiger partial charge in [-0.2, -0.15) is 0 Å². The molecule has 0 saturated heterocycles. The Morgan fingerprint density at radius 2 is 0.929 bits per heavy atom. The van der Waals surface area contributed by atoms with Crippen LogP contribution in [0, 0.1) is 0 Å². The van der Waals surface area contributed by atoms with Gasteiger partial charge in [0.15, 0.2) is 11.6 Å². The summed E-state index contributed by atoms with van der Waals surface area (Å²) in [5.74, 6) is 1.62. The molecule has 3 nitrogen and oxygen atoms in total. The Morgan fingerprint density at radius 3 is 1.69 bits per heavy atom. The molecule has 2 aromatic heterocycles. The lowest BCUT2D eigenvalue weighted by Gasteiger charge is -2.16. The molecule has 0 N–H and O–H groups in total. The predicted molar refractivity (Wildman–Crippen MR) is 176 cm³/mol. The Hall–Kier alpha value is -5.32. The van der Waals surface area contributed by atoms with E-state index in [0.29, 0.717) is 0 Å². The van der Waals surface area contributed by atoms with Crippen molar-refractivity contribution in [3.8, 4) is 50.7 Å². The van der Waals surface area contributed by atoms with Crippen LogP contribution < -0.4 is 0 Å². The molecular formula is C38H25N3S. The van der Waals surface area contributed by atoms with Gasteiger partial charge in [-0.1, -0.05) is 140 Å². The summed E-state index contributed by atoms with van der Waals surface area (Å²) in [5.41, 5.74) is 7.80. The molecule has 42 heavy (non-hydrogen) atoms. The maximum atomic E-state index is 4.77. The van der Waals surface area contributed by atoms with E-state index in [0.717, 1.165) is 39.6 Å². The Balaban J connectivity index is 1.28. The fourth-order valence-electron chi connectivity index (χ4n) is 5.78. The molecule has 0 amide bonds. The van der Waals surface area contributed by atoms with E-state index in [9.17, 15) is 0 Å². The van der Waals surface area contributed by atoms with Crippen LogP contribution in [0.5, 0.6) is 0 Å². The van der Waals surface area contributed by atoms with E-state index < -0.39 is 0 Å². The zero-order valence-corrected chi connectivity index (χ0v) is 23.5. The van der Waals surface area contributed by atoms with Gasteiger partial charge in [-0.3, -0.25) is 4.57 Å². The van der Waals surface area contributed by atoms with Crippen molar-refractivity contribution in [1.29, 1.82) is 0 Å². The van der Waals surface area contributed by atoms with Gasteiger partial charge in [-0.25, -0.2) is 0 Å². The number of hydrogen-bond acceptors (Lipinski definition) is 3. The van der Waals surface area contributed by atoms with Gasteiger partial charge in [-0.15, -0.1) is 21.5 Å². The van der Waals surface area contributed by atoms with Crippen LogP contribution >= 0.6 is 11.3 Å². The Kier molecular flexibility index (Phi) is 5.98. The van der Waals surface area contributed by atoms with Gasteiger partial charge in [0.25, 0.3) is 0 Å². The van der Waals surface area contributed by atoms with Crippen molar-refractivity contribution in [1.82, 2.24) is 14.8 Å². The zero-order valence-electron chi connectivity index (χ0n) is 22.7. The molecule has 0 bridgehead atoms. The predicted octanol–water partition coefficient (Wildman–Crippen LogP) is 10.3. The number of fused-ring (bicyclic) bond motifs is 3. The first-order valence-corrected chi connectivity index (χ1v) is 14.8. The first-order valence-electron chi connectivity index (χ1n) is 14.0. The van der Waals surface area contributed by atoms with E-state index in [4.69, 9.17) is 10.2 Å². The monoisotopic (exact) mass is 555 g/mol. The average molecular weight is 556 g/mol. The number of aromatic nitrogens is 3. The summed E-state index contributed by atoms with van der Waals surface area (Å²) >= 11 is 1.86. The van der Waals surface area contributed by atoms with Gasteiger partial charge in [0.05, 0.1) is 5.69 Å². The highest BCUT2D eigenvalue weighted by Gasteiger charge is 2.20. The molecule has 0 unspecified atom stereocenters. The highest BCUT2D eigenvalue weighted by Crippen LogP contribution is 2.40. The van der Waals surface area contributed by atoms with E-state index >= 15 is 0 Å². The first-order chi connectivity index (χ1) is 20.8. The van der Waals surface area contributed by atoms with E-state index in [1.165, 1.54) is 31.3 Å². The highest BCUT2D eigenvalue weighted by atomic mass is 32.1. The minimum atomic E-state index is 0.809. The number of benzene rings is 6. The minimum Gasteiger partial charge on any atom is -0.274 e. The van der Waals surface area contributed by atoms with Crippen LogP contribution in [-0.4, -0.2) is 14.8 Å². The molecule has 0 radical (unpaired) electrons. The van der Waals surface area contributed by atoms with E-state index in [2.05, 4.69) is 132 Å². The van der Waals surface area contributed by atoms with Gasteiger partial charge < -0.3 is 0 Å². The summed E-state index contributed by atoms with van der Waals surface area (Å²) in [6.45, 7) is 0. The molecule has 198 valence electrons. The van der Waals surface area contributed by atoms with Crippen LogP contribution in [0.25, 0.3) is 70.9 Å². The molecule has 0 spiro atoms. The molecule has 0 saturated carbocycles. The van der Waals surface area contributed by atoms with Crippen molar-refractivity contribution < 1.29 is 0 Å². The van der Waals surface area contributed by atoms with Gasteiger partial charge >= 0.3 is 0 Å². The Labute approximate surface area is 248 Å². The highest BCUT2D eigenvalue weighted by molar-refractivity contribution is 7.26. The van der Waals surface area contributed by atoms with Crippen molar-refractivity contribution in [3.63, 3.8) is 0 Å². The number of rotatable bonds is 5. The molecule has 8 rings (SSSR count). The molecule has 4 heteroatoms. The average Bonchev–Trinajstić information content (AvgIpc) is 3.68. The lowest BCUT2D eigenvalue weighted by atomic mass is 10.0. The number of para-hydroxylation sites is 1. The molecule has 8 aromatic rings. The maximum absolute atomic E-state index is 4.77. The van der Waals surface area contributed by atoms with Crippen molar-refractivity contribution in [2.24, 2.45) is 0 Å². The fraction of sp³-hybridized carbons (Fsp3) is 0. The standard InChI is InChI=1S/C38H25N3S/c1-3-12-26(13-4-1)30-16-7-9-20-34(30)41-37(28-14-5-2-6-15-28)39-40-38(41)29-24-22-27(23-25-29)31-18-11-19-33-32-17-8-10-21-35(32)42-36(31)33/h1-25H. The smallest absolute Gasteiger partial charge is 0.168 e. The maximum Gasteiger partial charge on any atom is 0.168 e. The summed E-state index contributed by atoms with van der Waals surface area (Å²) < 4.78 is 4.83. The molecule has 0 aliphatic carbocycles. The molecule has 2 heterocycles. The van der Waals surface area contributed by atoms with Gasteiger partial charge in [0.2, 0.25) is 0 Å². The summed E-state index contributed by atoms with van der Waals surface area (Å²) in [5, 5.41) is 12.1. The van der Waals surface area contributed by atoms with Crippen LogP contribution in [0.4, 0.5) is 0 Å². The second-order valence-electron chi connectivity index (χ2n) is 10.3. The quantitative estimate of drug-likeness (QED) is 0.211. The van der Waals surface area contributed by atoms with Crippen molar-refractivity contribution in [2.75, 3.05) is 0 Å². The van der Waals surface area contributed by atoms with Crippen molar-refractivity contribution >= 4 is 31.5 Å². The summed E-state index contributed by atoms with van der Waals surface area (Å²) in [7, 11) is 0. The van der Waals surface area contributed by atoms with Crippen LogP contribution in [0.2, 0.25) is 0 Å². The number of hydrogen-bond donors (Lipinski definition) is 0. The minimum absolute atomic E-state index is 0.809. The van der Waals surface area contributed by atoms with E-state index in [1.807, 2.05) is 35.6 Å². The molecular weight excluding hydrogens is 531 g/mol. The largest absolute Gasteiger partial charge is 0.274 e. The Morgan fingerprint density at radius 1 is 0.405 bits per heavy atom. The summed E-state index contributed by atoms with van der Waals surface area (Å²) in [6, 6.07) is 53.3. The molecule has 0 aliphatic heterocycles. The number of thiophene rings is 1. The van der Waals surface area contributed by atoms with Gasteiger partial charge in [-0.05, 0) is 28.8 Å². The van der Waals surface area contributed by atoms with Gasteiger partial charge in [0.1, 0.15) is 0 Å². The normalized spacial score (nSPS) is 11.3. The lowest BCUT2D eigenvalue weighted by molar-refractivity contribution is 1.07. The van der Waals surface area contributed by atoms with Crippen molar-refractivity contribution in [2.45, 2.75) is 0 Å². The van der Waals surface area contributed by atoms with Gasteiger partial charge in [0, 0.05) is 36.9 Å². The van der Waals surface area contributed by atoms with E-state index in [1.54, 1.807) is 0 Å². The topological polar surface area (TPSA) is 30.7 Å². The summed E-state index contributed by atoms with van der Waals surface area (Å²) in [4.78, 5) is 0. The fourth-order valence-corrected chi connectivity index (χ4v) is 7.02. The zero-order chi connectivity index (χ0) is 27.9. The number of nitrogens with zero attached hydrogens (tertiary/aromatic N) is 3. The third-order valence-corrected chi connectivity index (χ3v) is 9.00. The lowest BCUT2D eigenvalue weighted by Crippen LogP contribution is -2.02. The van der Waals surface area contributed by atoms with Crippen LogP contribution in [-0.2, 0) is 0 Å². The third kappa shape index (κ3) is 4.12. The second kappa shape index (κ2) is 10.3. The molecule has 0 atom stereocenters. The van der Waals surface area contributed by atoms with Crippen LogP contribution in [0.3, 0.4) is 0 Å². The Bertz CT molecular complexity index is 2180. The van der Waals surface area contributed by atoms with Crippen LogP contribution in [0.1, 0.15) is 0 Å². The van der Waals surface area contributed by atoms with E-state index in [-0.39, 0.29) is 0 Å². The van der Waals surface area contributed by atoms with Crippen molar-refractivity contribution in [3.05, 3.63) is 152 Å². The molecule has 0 aliphatic rings. The summed E-state index contributed by atoms with van der Waals surface area (Å²) in [6.07, 6.45) is 0. The molecule has 6 aromatic carbocycles. The first kappa shape index (κ1) is 24.5. The third-order valence-electron chi connectivity index (χ3n) is 7.78. The molecule has 0 fully saturated rings. The second-order valence-corrected chi connectivity index (χ2v) is 11.3. The van der Waals surface area contributed by atoms with Crippen LogP contribution in [0.15, 0.2) is 152 Å². The SMILES string of the molecule is c1ccc(-c2ccccc2-n2c(-c3ccccc3)nnc2-c2ccc(-c3cccc4c3sc3ccccc34)cc2)cc1.